The number of ether oxygens (including phenoxy) is 1. The number of anilines is 1. The van der Waals surface area contributed by atoms with Gasteiger partial charge in [0.2, 0.25) is 0 Å². The number of ketones is 1. The third-order valence-corrected chi connectivity index (χ3v) is 6.82. The lowest BCUT2D eigenvalue weighted by Gasteiger charge is -2.31. The Kier molecular flexibility index (Phi) is 6.96. The Bertz CT molecular complexity index is 1030. The van der Waals surface area contributed by atoms with Crippen molar-refractivity contribution in [3.05, 3.63) is 57.1 Å². The van der Waals surface area contributed by atoms with Crippen molar-refractivity contribution >= 4 is 61.7 Å². The number of Topliss-reactive ketones (excluding diaryl/α,β-unsaturated/α-hetero) is 1. The maximum absolute atomic E-state index is 12.7. The SMILES string of the molecule is O=C(Nc1ccc2ncsc2c1)OCCN1CCC(C(=O)c2ccc(I)cc2)CC1. The highest BCUT2D eigenvalue weighted by atomic mass is 127. The molecule has 3 aromatic rings. The summed E-state index contributed by atoms with van der Waals surface area (Å²) in [4.78, 5) is 31.2. The van der Waals surface area contributed by atoms with E-state index >= 15 is 0 Å². The number of hydrogen-bond donors (Lipinski definition) is 1. The maximum Gasteiger partial charge on any atom is 0.411 e. The first-order valence-corrected chi connectivity index (χ1v) is 11.8. The number of thiazole rings is 1. The molecule has 0 atom stereocenters. The fourth-order valence-electron chi connectivity index (χ4n) is 3.62. The number of carbonyl (C=O) groups is 2. The normalized spacial score (nSPS) is 15.2. The second-order valence-corrected chi connectivity index (χ2v) is 9.41. The van der Waals surface area contributed by atoms with Crippen LogP contribution in [0.4, 0.5) is 10.5 Å². The van der Waals surface area contributed by atoms with Crippen LogP contribution in [0.25, 0.3) is 10.2 Å². The van der Waals surface area contributed by atoms with Crippen LogP contribution in [-0.4, -0.2) is 48.0 Å². The van der Waals surface area contributed by atoms with Gasteiger partial charge in [-0.3, -0.25) is 15.0 Å². The second-order valence-electron chi connectivity index (χ2n) is 7.28. The Labute approximate surface area is 192 Å². The van der Waals surface area contributed by atoms with E-state index in [2.05, 4.69) is 37.8 Å². The van der Waals surface area contributed by atoms with Crippen LogP contribution in [0.2, 0.25) is 0 Å². The van der Waals surface area contributed by atoms with Crippen molar-refractivity contribution in [3.63, 3.8) is 0 Å². The molecule has 0 unspecified atom stereocenters. The summed E-state index contributed by atoms with van der Waals surface area (Å²) in [5, 5.41) is 2.76. The van der Waals surface area contributed by atoms with Crippen molar-refractivity contribution in [2.75, 3.05) is 31.6 Å². The van der Waals surface area contributed by atoms with E-state index in [1.54, 1.807) is 5.51 Å². The first-order valence-electron chi connectivity index (χ1n) is 9.87. The van der Waals surface area contributed by atoms with Gasteiger partial charge in [-0.2, -0.15) is 0 Å². The standard InChI is InChI=1S/C22H22IN3O3S/c23-17-3-1-15(2-4-17)21(27)16-7-9-26(10-8-16)11-12-29-22(28)25-18-5-6-19-20(13-18)30-14-24-19/h1-6,13-14,16H,7-12H2,(H,25,28). The van der Waals surface area contributed by atoms with Crippen LogP contribution in [0.15, 0.2) is 48.0 Å². The number of likely N-dealkylation sites (tertiary alicyclic amines) is 1. The molecule has 156 valence electrons. The minimum absolute atomic E-state index is 0.0761. The van der Waals surface area contributed by atoms with Crippen molar-refractivity contribution in [1.82, 2.24) is 9.88 Å². The van der Waals surface area contributed by atoms with Crippen LogP contribution < -0.4 is 5.32 Å². The van der Waals surface area contributed by atoms with Crippen LogP contribution >= 0.6 is 33.9 Å². The zero-order chi connectivity index (χ0) is 20.9. The molecule has 0 saturated carbocycles. The average molecular weight is 535 g/mol. The van der Waals surface area contributed by atoms with Gasteiger partial charge in [0, 0.05) is 27.3 Å². The fourth-order valence-corrected chi connectivity index (χ4v) is 4.70. The molecule has 1 amide bonds. The van der Waals surface area contributed by atoms with Crippen LogP contribution in [0.5, 0.6) is 0 Å². The molecule has 1 N–H and O–H groups in total. The molecule has 2 aromatic carbocycles. The van der Waals surface area contributed by atoms with E-state index in [1.807, 2.05) is 42.5 Å². The molecule has 1 aliphatic heterocycles. The second kappa shape index (κ2) is 9.84. The molecule has 8 heteroatoms. The van der Waals surface area contributed by atoms with Crippen LogP contribution in [-0.2, 0) is 4.74 Å². The van der Waals surface area contributed by atoms with E-state index in [0.29, 0.717) is 18.8 Å². The van der Waals surface area contributed by atoms with Gasteiger partial charge in [0.1, 0.15) is 6.61 Å². The number of carbonyl (C=O) groups excluding carboxylic acids is 2. The average Bonchev–Trinajstić information content (AvgIpc) is 3.22. The Morgan fingerprint density at radius 3 is 2.70 bits per heavy atom. The lowest BCUT2D eigenvalue weighted by Crippen LogP contribution is -2.38. The van der Waals surface area contributed by atoms with Gasteiger partial charge in [-0.1, -0.05) is 12.1 Å². The summed E-state index contributed by atoms with van der Waals surface area (Å²) in [6.45, 7) is 2.68. The summed E-state index contributed by atoms with van der Waals surface area (Å²) in [5.74, 6) is 0.312. The molecule has 0 aliphatic carbocycles. The van der Waals surface area contributed by atoms with E-state index in [1.165, 1.54) is 11.3 Å². The van der Waals surface area contributed by atoms with Gasteiger partial charge < -0.3 is 4.74 Å². The van der Waals surface area contributed by atoms with Gasteiger partial charge in [0.25, 0.3) is 0 Å². The summed E-state index contributed by atoms with van der Waals surface area (Å²) in [5.41, 5.74) is 4.20. The third-order valence-electron chi connectivity index (χ3n) is 5.31. The third kappa shape index (κ3) is 5.35. The van der Waals surface area contributed by atoms with E-state index < -0.39 is 6.09 Å². The number of rotatable bonds is 6. The smallest absolute Gasteiger partial charge is 0.411 e. The van der Waals surface area contributed by atoms with Crippen molar-refractivity contribution < 1.29 is 14.3 Å². The molecule has 0 spiro atoms. The number of benzene rings is 2. The van der Waals surface area contributed by atoms with Gasteiger partial charge in [-0.15, -0.1) is 11.3 Å². The van der Waals surface area contributed by atoms with E-state index in [-0.39, 0.29) is 11.7 Å². The number of amides is 1. The molecule has 6 nitrogen and oxygen atoms in total. The molecule has 4 rings (SSSR count). The molecule has 2 heterocycles. The zero-order valence-corrected chi connectivity index (χ0v) is 19.3. The van der Waals surface area contributed by atoms with Crippen molar-refractivity contribution in [2.45, 2.75) is 12.8 Å². The zero-order valence-electron chi connectivity index (χ0n) is 16.3. The Morgan fingerprint density at radius 1 is 1.17 bits per heavy atom. The van der Waals surface area contributed by atoms with Crippen molar-refractivity contribution in [2.24, 2.45) is 5.92 Å². The topological polar surface area (TPSA) is 71.5 Å². The Hall–Kier alpha value is -2.04. The monoisotopic (exact) mass is 535 g/mol. The number of aromatic nitrogens is 1. The quantitative estimate of drug-likeness (QED) is 0.354. The summed E-state index contributed by atoms with van der Waals surface area (Å²) in [6.07, 6.45) is 1.22. The molecule has 1 aromatic heterocycles. The minimum Gasteiger partial charge on any atom is -0.448 e. The van der Waals surface area contributed by atoms with Gasteiger partial charge in [-0.25, -0.2) is 9.78 Å². The first-order chi connectivity index (χ1) is 14.6. The molecule has 1 saturated heterocycles. The van der Waals surface area contributed by atoms with Crippen LogP contribution in [0.3, 0.4) is 0 Å². The molecule has 1 aliphatic rings. The fraction of sp³-hybridized carbons (Fsp3) is 0.318. The molecular formula is C22H22IN3O3S. The highest BCUT2D eigenvalue weighted by molar-refractivity contribution is 14.1. The highest BCUT2D eigenvalue weighted by Crippen LogP contribution is 2.23. The number of nitrogens with one attached hydrogen (secondary N) is 1. The molecule has 0 bridgehead atoms. The van der Waals surface area contributed by atoms with Gasteiger partial charge >= 0.3 is 6.09 Å². The number of halogens is 1. The van der Waals surface area contributed by atoms with E-state index in [9.17, 15) is 9.59 Å². The van der Waals surface area contributed by atoms with Gasteiger partial charge in [0.15, 0.2) is 5.78 Å². The largest absolute Gasteiger partial charge is 0.448 e. The predicted molar refractivity (Wildman–Crippen MR) is 127 cm³/mol. The summed E-state index contributed by atoms with van der Waals surface area (Å²) < 4.78 is 7.48. The van der Waals surface area contributed by atoms with Crippen molar-refractivity contribution in [3.8, 4) is 0 Å². The number of nitrogens with zero attached hydrogens (tertiary/aromatic N) is 2. The Balaban J connectivity index is 1.18. The van der Waals surface area contributed by atoms with Crippen LogP contribution in [0, 0.1) is 9.49 Å². The lowest BCUT2D eigenvalue weighted by atomic mass is 9.89. The van der Waals surface area contributed by atoms with Gasteiger partial charge in [0.05, 0.1) is 15.7 Å². The number of fused-ring (bicyclic) bond motifs is 1. The highest BCUT2D eigenvalue weighted by Gasteiger charge is 2.25. The van der Waals surface area contributed by atoms with E-state index in [4.69, 9.17) is 4.74 Å². The minimum atomic E-state index is -0.456. The van der Waals surface area contributed by atoms with Crippen molar-refractivity contribution in [1.29, 1.82) is 0 Å². The Morgan fingerprint density at radius 2 is 1.93 bits per heavy atom. The molecule has 0 radical (unpaired) electrons. The summed E-state index contributed by atoms with van der Waals surface area (Å²) in [7, 11) is 0. The summed E-state index contributed by atoms with van der Waals surface area (Å²) >= 11 is 3.77. The summed E-state index contributed by atoms with van der Waals surface area (Å²) in [6, 6.07) is 13.4. The van der Waals surface area contributed by atoms with E-state index in [0.717, 1.165) is 45.3 Å². The first kappa shape index (κ1) is 21.2. The predicted octanol–water partition coefficient (Wildman–Crippen LogP) is 5.04. The lowest BCUT2D eigenvalue weighted by molar-refractivity contribution is 0.0813. The molecular weight excluding hydrogens is 513 g/mol. The molecule has 30 heavy (non-hydrogen) atoms. The number of hydrogen-bond acceptors (Lipinski definition) is 6. The molecule has 1 fully saturated rings. The maximum atomic E-state index is 12.7. The van der Waals surface area contributed by atoms with Gasteiger partial charge in [-0.05, 0) is 78.9 Å². The number of piperidine rings is 1. The van der Waals surface area contributed by atoms with Crippen LogP contribution in [0.1, 0.15) is 23.2 Å².